The van der Waals surface area contributed by atoms with Crippen molar-refractivity contribution in [1.82, 2.24) is 10.2 Å². The van der Waals surface area contributed by atoms with Gasteiger partial charge in [-0.25, -0.2) is 0 Å². The van der Waals surface area contributed by atoms with E-state index in [0.717, 1.165) is 61.8 Å². The van der Waals surface area contributed by atoms with Gasteiger partial charge in [-0.05, 0) is 49.8 Å². The van der Waals surface area contributed by atoms with Gasteiger partial charge in [-0.15, -0.1) is 0 Å². The molecule has 3 heterocycles. The Bertz CT molecular complexity index is 977. The number of halogens is 1. The lowest BCUT2D eigenvalue weighted by Gasteiger charge is -2.32. The van der Waals surface area contributed by atoms with E-state index in [9.17, 15) is 14.4 Å². The Morgan fingerprint density at radius 3 is 2.53 bits per heavy atom. The Balaban J connectivity index is 1.61. The highest BCUT2D eigenvalue weighted by Gasteiger charge is 2.70. The SMILES string of the molecule is CSCC[C@@H]1N[C@]2(C(=O)Nc3c2ccc(Cl)c3C)[C@@H]2C(=O)N(C3CCCCCC3)C(=O)[C@H]12. The molecule has 32 heavy (non-hydrogen) atoms. The summed E-state index contributed by atoms with van der Waals surface area (Å²) < 4.78 is 0. The molecule has 1 aliphatic carbocycles. The number of nitrogens with one attached hydrogen (secondary N) is 2. The quantitative estimate of drug-likeness (QED) is 0.511. The topological polar surface area (TPSA) is 78.5 Å². The summed E-state index contributed by atoms with van der Waals surface area (Å²) in [5.41, 5.74) is 0.991. The minimum Gasteiger partial charge on any atom is -0.324 e. The summed E-state index contributed by atoms with van der Waals surface area (Å²) >= 11 is 8.04. The molecule has 8 heteroatoms. The molecule has 1 aromatic carbocycles. The standard InChI is InChI=1S/C24H30ClN3O3S/c1-13-16(25)10-9-15-20(13)26-23(31)24(15)19-18(17(27-24)11-12-32-2)21(29)28(22(19)30)14-7-5-3-4-6-8-14/h9-10,14,17-19,27H,3-8,11-12H2,1-2H3,(H,26,31)/t17-,18+,19-,24-/m0/s1. The van der Waals surface area contributed by atoms with Crippen molar-refractivity contribution in [3.63, 3.8) is 0 Å². The van der Waals surface area contributed by atoms with Crippen LogP contribution in [0.25, 0.3) is 0 Å². The van der Waals surface area contributed by atoms with Crippen molar-refractivity contribution >= 4 is 46.8 Å². The van der Waals surface area contributed by atoms with Gasteiger partial charge in [0.15, 0.2) is 0 Å². The molecule has 3 amide bonds. The maximum atomic E-state index is 14.0. The zero-order chi connectivity index (χ0) is 22.6. The molecule has 6 nitrogen and oxygen atoms in total. The lowest BCUT2D eigenvalue weighted by Crippen LogP contribution is -2.54. The Morgan fingerprint density at radius 1 is 1.12 bits per heavy atom. The Labute approximate surface area is 198 Å². The molecule has 1 spiro atoms. The van der Waals surface area contributed by atoms with Crippen molar-refractivity contribution in [3.05, 3.63) is 28.3 Å². The molecule has 3 fully saturated rings. The fourth-order valence-electron chi connectivity index (χ4n) is 6.38. The molecule has 1 aromatic rings. The van der Waals surface area contributed by atoms with Crippen LogP contribution in [0.5, 0.6) is 0 Å². The van der Waals surface area contributed by atoms with Crippen LogP contribution in [0, 0.1) is 18.8 Å². The summed E-state index contributed by atoms with van der Waals surface area (Å²) in [5.74, 6) is -0.882. The molecule has 1 saturated carbocycles. The number of carbonyl (C=O) groups excluding carboxylic acids is 3. The van der Waals surface area contributed by atoms with Gasteiger partial charge in [-0.2, -0.15) is 11.8 Å². The highest BCUT2D eigenvalue weighted by atomic mass is 35.5. The van der Waals surface area contributed by atoms with Gasteiger partial charge in [0, 0.05) is 22.7 Å². The molecule has 0 bridgehead atoms. The summed E-state index contributed by atoms with van der Waals surface area (Å²) in [7, 11) is 0. The first-order valence-corrected chi connectivity index (χ1v) is 13.4. The third kappa shape index (κ3) is 3.07. The number of hydrogen-bond acceptors (Lipinski definition) is 5. The number of rotatable bonds is 4. The first kappa shape index (κ1) is 22.2. The van der Waals surface area contributed by atoms with Crippen molar-refractivity contribution < 1.29 is 14.4 Å². The molecule has 4 atom stereocenters. The van der Waals surface area contributed by atoms with E-state index in [-0.39, 0.29) is 29.8 Å². The van der Waals surface area contributed by atoms with E-state index in [2.05, 4.69) is 10.6 Å². The Morgan fingerprint density at radius 2 is 1.84 bits per heavy atom. The third-order valence-corrected chi connectivity index (χ3v) is 8.99. The summed E-state index contributed by atoms with van der Waals surface area (Å²) in [6.07, 6.45) is 8.87. The predicted octanol–water partition coefficient (Wildman–Crippen LogP) is 3.84. The largest absolute Gasteiger partial charge is 0.324 e. The van der Waals surface area contributed by atoms with E-state index < -0.39 is 17.4 Å². The molecule has 4 aliphatic rings. The van der Waals surface area contributed by atoms with E-state index >= 15 is 0 Å². The summed E-state index contributed by atoms with van der Waals surface area (Å²) in [4.78, 5) is 42.8. The van der Waals surface area contributed by atoms with Gasteiger partial charge in [0.05, 0.1) is 17.5 Å². The van der Waals surface area contributed by atoms with Crippen LogP contribution in [0.4, 0.5) is 5.69 Å². The average Bonchev–Trinajstić information content (AvgIpc) is 3.24. The summed E-state index contributed by atoms with van der Waals surface area (Å²) in [5, 5.41) is 7.08. The zero-order valence-electron chi connectivity index (χ0n) is 18.6. The van der Waals surface area contributed by atoms with Crippen molar-refractivity contribution in [2.24, 2.45) is 11.8 Å². The highest BCUT2D eigenvalue weighted by Crippen LogP contribution is 2.55. The van der Waals surface area contributed by atoms with Crippen molar-refractivity contribution in [1.29, 1.82) is 0 Å². The predicted molar refractivity (Wildman–Crippen MR) is 127 cm³/mol. The van der Waals surface area contributed by atoms with Gasteiger partial charge in [0.2, 0.25) is 17.7 Å². The summed E-state index contributed by atoms with van der Waals surface area (Å²) in [6, 6.07) is 3.37. The number of nitrogens with zero attached hydrogens (tertiary/aromatic N) is 1. The van der Waals surface area contributed by atoms with Gasteiger partial charge in [-0.3, -0.25) is 24.6 Å². The number of carbonyl (C=O) groups is 3. The normalized spacial score (nSPS) is 32.4. The van der Waals surface area contributed by atoms with Crippen LogP contribution in [0.15, 0.2) is 12.1 Å². The zero-order valence-corrected chi connectivity index (χ0v) is 20.2. The van der Waals surface area contributed by atoms with Crippen LogP contribution < -0.4 is 10.6 Å². The van der Waals surface area contributed by atoms with Gasteiger partial charge < -0.3 is 5.32 Å². The molecule has 3 aliphatic heterocycles. The van der Waals surface area contributed by atoms with Crippen LogP contribution >= 0.6 is 23.4 Å². The fraction of sp³-hybridized carbons (Fsp3) is 0.625. The summed E-state index contributed by atoms with van der Waals surface area (Å²) in [6.45, 7) is 1.87. The van der Waals surface area contributed by atoms with Gasteiger partial charge in [-0.1, -0.05) is 43.4 Å². The van der Waals surface area contributed by atoms with Crippen LogP contribution in [0.2, 0.25) is 5.02 Å². The van der Waals surface area contributed by atoms with Gasteiger partial charge >= 0.3 is 0 Å². The molecular weight excluding hydrogens is 446 g/mol. The van der Waals surface area contributed by atoms with Gasteiger partial charge in [0.1, 0.15) is 5.54 Å². The number of amides is 3. The van der Waals surface area contributed by atoms with E-state index in [1.807, 2.05) is 19.2 Å². The molecule has 0 aromatic heterocycles. The van der Waals surface area contributed by atoms with Crippen molar-refractivity contribution in [3.8, 4) is 0 Å². The first-order chi connectivity index (χ1) is 15.4. The van der Waals surface area contributed by atoms with Crippen LogP contribution in [-0.2, 0) is 19.9 Å². The number of benzene rings is 1. The number of imide groups is 1. The van der Waals surface area contributed by atoms with Crippen molar-refractivity contribution in [2.45, 2.75) is 69.5 Å². The number of anilines is 1. The average molecular weight is 476 g/mol. The fourth-order valence-corrected chi connectivity index (χ4v) is 7.03. The first-order valence-electron chi connectivity index (χ1n) is 11.7. The minimum absolute atomic E-state index is 0.0442. The molecule has 172 valence electrons. The van der Waals surface area contributed by atoms with E-state index in [1.165, 1.54) is 0 Å². The van der Waals surface area contributed by atoms with Crippen LogP contribution in [-0.4, -0.2) is 46.7 Å². The molecule has 5 rings (SSSR count). The minimum atomic E-state index is -1.22. The Kier molecular flexibility index (Phi) is 5.79. The highest BCUT2D eigenvalue weighted by molar-refractivity contribution is 7.98. The van der Waals surface area contributed by atoms with Crippen LogP contribution in [0.3, 0.4) is 0 Å². The smallest absolute Gasteiger partial charge is 0.250 e. The molecular formula is C24H30ClN3O3S. The molecule has 0 radical (unpaired) electrons. The van der Waals surface area contributed by atoms with E-state index in [4.69, 9.17) is 11.6 Å². The second kappa shape index (κ2) is 8.33. The van der Waals surface area contributed by atoms with Gasteiger partial charge in [0.25, 0.3) is 0 Å². The van der Waals surface area contributed by atoms with E-state index in [1.54, 1.807) is 22.7 Å². The number of thioether (sulfide) groups is 1. The van der Waals surface area contributed by atoms with Crippen molar-refractivity contribution in [2.75, 3.05) is 17.3 Å². The number of likely N-dealkylation sites (tertiary alicyclic amines) is 1. The molecule has 2 saturated heterocycles. The maximum Gasteiger partial charge on any atom is 0.250 e. The Hall–Kier alpha value is -1.57. The lowest BCUT2D eigenvalue weighted by atomic mass is 9.76. The van der Waals surface area contributed by atoms with E-state index in [0.29, 0.717) is 10.7 Å². The maximum absolute atomic E-state index is 14.0. The number of fused-ring (bicyclic) bond motifs is 4. The molecule has 2 N–H and O–H groups in total. The van der Waals surface area contributed by atoms with Crippen LogP contribution in [0.1, 0.15) is 56.1 Å². The number of hydrogen-bond donors (Lipinski definition) is 2. The second-order valence-corrected chi connectivity index (χ2v) is 11.0. The monoisotopic (exact) mass is 475 g/mol. The third-order valence-electron chi connectivity index (χ3n) is 7.94. The lowest BCUT2D eigenvalue weighted by molar-refractivity contribution is -0.145. The molecule has 0 unspecified atom stereocenters. The second-order valence-electron chi connectivity index (χ2n) is 9.58.